The summed E-state index contributed by atoms with van der Waals surface area (Å²) in [5, 5.41) is 7.12. The van der Waals surface area contributed by atoms with E-state index in [1.165, 1.54) is 18.3 Å². The van der Waals surface area contributed by atoms with Crippen LogP contribution in [-0.4, -0.2) is 16.0 Å². The molecule has 5 nitrogen and oxygen atoms in total. The molecule has 106 valence electrons. The molecule has 21 heavy (non-hydrogen) atoms. The van der Waals surface area contributed by atoms with Crippen molar-refractivity contribution in [1.29, 1.82) is 0 Å². The molecule has 3 rings (SSSR count). The lowest BCUT2D eigenvalue weighted by Gasteiger charge is -2.06. The van der Waals surface area contributed by atoms with E-state index >= 15 is 0 Å². The Balaban J connectivity index is 1.91. The van der Waals surface area contributed by atoms with Gasteiger partial charge in [-0.15, -0.1) is 0 Å². The Morgan fingerprint density at radius 3 is 2.95 bits per heavy atom. The van der Waals surface area contributed by atoms with Crippen LogP contribution in [0.2, 0.25) is 5.02 Å². The van der Waals surface area contributed by atoms with Crippen LogP contribution >= 0.6 is 11.6 Å². The molecule has 0 spiro atoms. The summed E-state index contributed by atoms with van der Waals surface area (Å²) >= 11 is 5.66. The zero-order valence-corrected chi connectivity index (χ0v) is 11.6. The van der Waals surface area contributed by atoms with Crippen LogP contribution in [-0.2, 0) is 0 Å². The number of hydrogen-bond donors (Lipinski definition) is 1. The van der Waals surface area contributed by atoms with Crippen molar-refractivity contribution >= 4 is 34.3 Å². The van der Waals surface area contributed by atoms with E-state index in [-0.39, 0.29) is 16.3 Å². The summed E-state index contributed by atoms with van der Waals surface area (Å²) in [6.45, 7) is 1.74. The lowest BCUT2D eigenvalue weighted by Crippen LogP contribution is -2.13. The zero-order chi connectivity index (χ0) is 15.0. The fraction of sp³-hybridized carbons (Fsp3) is 0.0714. The van der Waals surface area contributed by atoms with Crippen molar-refractivity contribution in [3.8, 4) is 0 Å². The number of pyridine rings is 1. The normalized spacial score (nSPS) is 10.8. The maximum atomic E-state index is 13.7. The number of hydrogen-bond acceptors (Lipinski definition) is 4. The molecule has 3 aromatic rings. The molecular formula is C14H9ClFN3O2. The quantitative estimate of drug-likeness (QED) is 0.786. The Labute approximate surface area is 123 Å². The van der Waals surface area contributed by atoms with E-state index in [1.54, 1.807) is 13.0 Å². The van der Waals surface area contributed by atoms with Crippen molar-refractivity contribution in [3.63, 3.8) is 0 Å². The molecule has 0 fully saturated rings. The summed E-state index contributed by atoms with van der Waals surface area (Å²) in [4.78, 5) is 16.1. The number of amides is 1. The molecule has 1 amide bonds. The smallest absolute Gasteiger partial charge is 0.257 e. The average molecular weight is 306 g/mol. The van der Waals surface area contributed by atoms with Crippen LogP contribution in [0.5, 0.6) is 0 Å². The van der Waals surface area contributed by atoms with Gasteiger partial charge in [0, 0.05) is 11.2 Å². The third-order valence-electron chi connectivity index (χ3n) is 2.95. The summed E-state index contributed by atoms with van der Waals surface area (Å²) in [6.07, 6.45) is 1.34. The van der Waals surface area contributed by atoms with Crippen molar-refractivity contribution < 1.29 is 13.7 Å². The first-order valence-electron chi connectivity index (χ1n) is 6.03. The maximum Gasteiger partial charge on any atom is 0.257 e. The molecule has 0 aliphatic heterocycles. The van der Waals surface area contributed by atoms with E-state index in [0.29, 0.717) is 16.8 Å². The number of carbonyl (C=O) groups excluding carboxylic acids is 1. The highest BCUT2D eigenvalue weighted by atomic mass is 35.5. The lowest BCUT2D eigenvalue weighted by molar-refractivity contribution is 0.102. The molecule has 0 aliphatic rings. The minimum Gasteiger partial charge on any atom is -0.336 e. The summed E-state index contributed by atoms with van der Waals surface area (Å²) in [5.41, 5.74) is 1.31. The van der Waals surface area contributed by atoms with Crippen LogP contribution in [0.15, 0.2) is 35.0 Å². The maximum absolute atomic E-state index is 13.7. The number of rotatable bonds is 2. The molecule has 7 heteroatoms. The number of benzene rings is 1. The summed E-state index contributed by atoms with van der Waals surface area (Å²) in [5.74, 6) is -1.09. The van der Waals surface area contributed by atoms with Crippen LogP contribution < -0.4 is 5.32 Å². The van der Waals surface area contributed by atoms with Gasteiger partial charge in [0.05, 0.1) is 22.3 Å². The fourth-order valence-electron chi connectivity index (χ4n) is 1.85. The standard InChI is InChI=1S/C14H9ClFN3O2/c1-7-10-4-8(6-17-14(10)21-19-7)13(20)18-12-3-2-9(15)5-11(12)16/h2-6H,1H3,(H,18,20). The Morgan fingerprint density at radius 2 is 2.19 bits per heavy atom. The molecule has 0 aliphatic carbocycles. The molecule has 0 saturated heterocycles. The molecule has 2 aromatic heterocycles. The van der Waals surface area contributed by atoms with E-state index in [9.17, 15) is 9.18 Å². The van der Waals surface area contributed by atoms with Gasteiger partial charge in [0.2, 0.25) is 0 Å². The van der Waals surface area contributed by atoms with Gasteiger partial charge in [-0.2, -0.15) is 0 Å². The van der Waals surface area contributed by atoms with Gasteiger partial charge in [-0.3, -0.25) is 4.79 Å². The Hall–Kier alpha value is -2.47. The Kier molecular flexibility index (Phi) is 3.31. The van der Waals surface area contributed by atoms with Crippen molar-refractivity contribution in [2.45, 2.75) is 6.92 Å². The number of carbonyl (C=O) groups is 1. The fourth-order valence-corrected chi connectivity index (χ4v) is 2.01. The first-order valence-corrected chi connectivity index (χ1v) is 6.41. The number of fused-ring (bicyclic) bond motifs is 1. The molecule has 0 unspecified atom stereocenters. The molecule has 0 saturated carbocycles. The minimum atomic E-state index is -0.606. The number of aromatic nitrogens is 2. The molecule has 1 N–H and O–H groups in total. The van der Waals surface area contributed by atoms with Gasteiger partial charge in [0.15, 0.2) is 0 Å². The Bertz CT molecular complexity index is 847. The molecular weight excluding hydrogens is 297 g/mol. The van der Waals surface area contributed by atoms with Crippen molar-refractivity contribution in [1.82, 2.24) is 10.1 Å². The summed E-state index contributed by atoms with van der Waals surface area (Å²) < 4.78 is 18.6. The lowest BCUT2D eigenvalue weighted by atomic mass is 10.2. The van der Waals surface area contributed by atoms with Crippen LogP contribution in [0.25, 0.3) is 11.1 Å². The highest BCUT2D eigenvalue weighted by Crippen LogP contribution is 2.21. The van der Waals surface area contributed by atoms with Gasteiger partial charge in [0.1, 0.15) is 5.82 Å². The van der Waals surface area contributed by atoms with Gasteiger partial charge < -0.3 is 9.84 Å². The van der Waals surface area contributed by atoms with Crippen molar-refractivity contribution in [2.75, 3.05) is 5.32 Å². The summed E-state index contributed by atoms with van der Waals surface area (Å²) in [7, 11) is 0. The van der Waals surface area contributed by atoms with Gasteiger partial charge in [-0.05, 0) is 31.2 Å². The van der Waals surface area contributed by atoms with Gasteiger partial charge in [0.25, 0.3) is 11.6 Å². The number of aryl methyl sites for hydroxylation is 1. The number of nitrogens with one attached hydrogen (secondary N) is 1. The van der Waals surface area contributed by atoms with Gasteiger partial charge >= 0.3 is 0 Å². The largest absolute Gasteiger partial charge is 0.336 e. The van der Waals surface area contributed by atoms with Crippen LogP contribution in [0, 0.1) is 12.7 Å². The van der Waals surface area contributed by atoms with Crippen molar-refractivity contribution in [2.24, 2.45) is 0 Å². The van der Waals surface area contributed by atoms with E-state index in [2.05, 4.69) is 15.5 Å². The second kappa shape index (κ2) is 5.14. The third kappa shape index (κ3) is 2.57. The molecule has 2 heterocycles. The third-order valence-corrected chi connectivity index (χ3v) is 3.19. The second-order valence-corrected chi connectivity index (χ2v) is 4.86. The number of anilines is 1. The number of halogens is 2. The summed E-state index contributed by atoms with van der Waals surface area (Å²) in [6, 6.07) is 5.61. The van der Waals surface area contributed by atoms with E-state index in [1.807, 2.05) is 0 Å². The highest BCUT2D eigenvalue weighted by molar-refractivity contribution is 6.30. The Morgan fingerprint density at radius 1 is 1.38 bits per heavy atom. The molecule has 0 atom stereocenters. The van der Waals surface area contributed by atoms with E-state index in [0.717, 1.165) is 6.07 Å². The van der Waals surface area contributed by atoms with Crippen LogP contribution in [0.3, 0.4) is 0 Å². The minimum absolute atomic E-state index is 0.0477. The van der Waals surface area contributed by atoms with Gasteiger partial charge in [-0.25, -0.2) is 9.37 Å². The van der Waals surface area contributed by atoms with Crippen LogP contribution in [0.4, 0.5) is 10.1 Å². The monoisotopic (exact) mass is 305 g/mol. The topological polar surface area (TPSA) is 68.0 Å². The zero-order valence-electron chi connectivity index (χ0n) is 10.9. The van der Waals surface area contributed by atoms with Crippen LogP contribution in [0.1, 0.15) is 16.1 Å². The SMILES string of the molecule is Cc1noc2ncc(C(=O)Nc3ccc(Cl)cc3F)cc12. The molecule has 1 aromatic carbocycles. The highest BCUT2D eigenvalue weighted by Gasteiger charge is 2.13. The van der Waals surface area contributed by atoms with Crippen molar-refractivity contribution in [3.05, 3.63) is 52.6 Å². The van der Waals surface area contributed by atoms with E-state index < -0.39 is 11.7 Å². The molecule has 0 radical (unpaired) electrons. The molecule has 0 bridgehead atoms. The predicted octanol–water partition coefficient (Wildman–Crippen LogP) is 3.58. The van der Waals surface area contributed by atoms with Gasteiger partial charge in [-0.1, -0.05) is 16.8 Å². The van der Waals surface area contributed by atoms with E-state index in [4.69, 9.17) is 16.1 Å². The number of nitrogens with zero attached hydrogens (tertiary/aromatic N) is 2. The first-order chi connectivity index (χ1) is 10.0. The predicted molar refractivity (Wildman–Crippen MR) is 75.9 cm³/mol. The second-order valence-electron chi connectivity index (χ2n) is 4.42. The first kappa shape index (κ1) is 13.5. The average Bonchev–Trinajstić information content (AvgIpc) is 2.83.